The van der Waals surface area contributed by atoms with Crippen molar-refractivity contribution in [2.75, 3.05) is 39.1 Å². The first-order chi connectivity index (χ1) is 30.1. The third-order valence-electron chi connectivity index (χ3n) is 11.8. The molecule has 63 heavy (non-hydrogen) atoms. The van der Waals surface area contributed by atoms with Gasteiger partial charge in [-0.1, -0.05) is 49.4 Å². The lowest BCUT2D eigenvalue weighted by molar-refractivity contribution is -0.156. The Morgan fingerprint density at radius 1 is 0.873 bits per heavy atom. The first-order valence-electron chi connectivity index (χ1n) is 21.1. The van der Waals surface area contributed by atoms with Crippen molar-refractivity contribution in [3.8, 4) is 5.75 Å². The Kier molecular flexibility index (Phi) is 14.4. The maximum absolute atomic E-state index is 15.0. The van der Waals surface area contributed by atoms with Gasteiger partial charge in [0.05, 0.1) is 0 Å². The standard InChI is InChI=1S/C45H54N8O10/c1-6-31-42(59)52-22-11-14-32(52)43(60)51(5)34(24-27-16-18-29(19-17-27)50(3)4)44(61)53-23-20-30(54)25-33(53)39(56)49-37(28-12-8-7-9-13-28)45(62)63-26(2)36(40(57)47-31)48-41(58)38-35(55)15-10-21-46-38/h7-10,12-13,15-19,21,26,31-34,36-37,55H,6,11,14,20,22-25H2,1-5H3,(H,47,57)(H,48,58)(H,49,56)/t26-,31-,32-,33-,34+,36-,37+/m0/s1. The molecule has 1 aromatic heterocycles. The minimum absolute atomic E-state index is 0.0299. The number of pyridine rings is 1. The van der Waals surface area contributed by atoms with E-state index in [0.29, 0.717) is 12.0 Å². The number of benzene rings is 2. The number of nitrogens with one attached hydrogen (secondary N) is 3. The number of fused-ring (bicyclic) bond motifs is 2. The van der Waals surface area contributed by atoms with Crippen LogP contribution in [0.25, 0.3) is 0 Å². The van der Waals surface area contributed by atoms with Gasteiger partial charge in [-0.3, -0.25) is 33.6 Å². The summed E-state index contributed by atoms with van der Waals surface area (Å²) >= 11 is 0. The molecule has 18 heteroatoms. The molecule has 3 aliphatic heterocycles. The highest BCUT2D eigenvalue weighted by Crippen LogP contribution is 2.27. The van der Waals surface area contributed by atoms with E-state index in [-0.39, 0.29) is 56.5 Å². The second kappa shape index (κ2) is 19.9. The summed E-state index contributed by atoms with van der Waals surface area (Å²) < 4.78 is 5.85. The predicted octanol–water partition coefficient (Wildman–Crippen LogP) is 1.27. The van der Waals surface area contributed by atoms with Gasteiger partial charge in [0.25, 0.3) is 5.91 Å². The molecule has 0 saturated carbocycles. The lowest BCUT2D eigenvalue weighted by Crippen LogP contribution is -2.61. The highest BCUT2D eigenvalue weighted by molar-refractivity contribution is 6.01. The van der Waals surface area contributed by atoms with Crippen LogP contribution >= 0.6 is 0 Å². The number of amides is 6. The van der Waals surface area contributed by atoms with Gasteiger partial charge in [0.15, 0.2) is 11.7 Å². The zero-order valence-electron chi connectivity index (χ0n) is 36.0. The maximum atomic E-state index is 15.0. The van der Waals surface area contributed by atoms with Crippen molar-refractivity contribution < 1.29 is 48.2 Å². The second-order valence-corrected chi connectivity index (χ2v) is 16.2. The van der Waals surface area contributed by atoms with Crippen LogP contribution in [0.4, 0.5) is 5.69 Å². The first-order valence-corrected chi connectivity index (χ1v) is 21.1. The van der Waals surface area contributed by atoms with Crippen molar-refractivity contribution in [3.05, 3.63) is 89.7 Å². The van der Waals surface area contributed by atoms with E-state index in [0.717, 1.165) is 5.69 Å². The number of ketones is 1. The number of ether oxygens (including phenoxy) is 1. The Labute approximate surface area is 365 Å². The number of carbonyl (C=O) groups is 8. The molecule has 3 saturated heterocycles. The number of cyclic esters (lactones) is 1. The van der Waals surface area contributed by atoms with Gasteiger partial charge >= 0.3 is 5.97 Å². The van der Waals surface area contributed by atoms with E-state index >= 15 is 0 Å². The number of esters is 1. The van der Waals surface area contributed by atoms with Crippen LogP contribution in [0.5, 0.6) is 5.75 Å². The van der Waals surface area contributed by atoms with E-state index in [1.807, 2.05) is 43.3 Å². The van der Waals surface area contributed by atoms with Crippen LogP contribution in [-0.2, 0) is 44.7 Å². The number of aromatic nitrogens is 1. The molecular weight excluding hydrogens is 813 g/mol. The van der Waals surface area contributed by atoms with Crippen molar-refractivity contribution in [1.82, 2.24) is 35.6 Å². The number of likely N-dealkylation sites (N-methyl/N-ethyl adjacent to an activating group) is 1. The average molecular weight is 867 g/mol. The van der Waals surface area contributed by atoms with E-state index in [1.165, 1.54) is 47.0 Å². The van der Waals surface area contributed by atoms with Crippen LogP contribution in [-0.4, -0.2) is 143 Å². The Morgan fingerprint density at radius 3 is 2.24 bits per heavy atom. The van der Waals surface area contributed by atoms with Crippen LogP contribution in [0.15, 0.2) is 72.9 Å². The summed E-state index contributed by atoms with van der Waals surface area (Å²) in [5, 5.41) is 18.2. The largest absolute Gasteiger partial charge is 0.505 e. The number of nitrogens with zero attached hydrogens (tertiary/aromatic N) is 5. The zero-order chi connectivity index (χ0) is 45.5. The van der Waals surface area contributed by atoms with Crippen molar-refractivity contribution in [3.63, 3.8) is 0 Å². The van der Waals surface area contributed by atoms with Crippen LogP contribution in [0.2, 0.25) is 0 Å². The van der Waals surface area contributed by atoms with Crippen LogP contribution in [0.3, 0.4) is 0 Å². The number of piperidine rings is 1. The van der Waals surface area contributed by atoms with Crippen LogP contribution < -0.4 is 20.9 Å². The van der Waals surface area contributed by atoms with Gasteiger partial charge in [0.2, 0.25) is 29.5 Å². The van der Waals surface area contributed by atoms with E-state index in [2.05, 4.69) is 20.9 Å². The van der Waals surface area contributed by atoms with Gasteiger partial charge in [-0.15, -0.1) is 0 Å². The van der Waals surface area contributed by atoms with Crippen molar-refractivity contribution in [1.29, 1.82) is 0 Å². The monoisotopic (exact) mass is 866 g/mol. The second-order valence-electron chi connectivity index (χ2n) is 16.2. The number of hydrogen-bond donors (Lipinski definition) is 4. The number of rotatable bonds is 7. The molecule has 2 aromatic carbocycles. The Hall–Kier alpha value is -6.85. The maximum Gasteiger partial charge on any atom is 0.333 e. The first kappa shape index (κ1) is 45.7. The smallest absolute Gasteiger partial charge is 0.333 e. The van der Waals surface area contributed by atoms with Gasteiger partial charge in [-0.2, -0.15) is 0 Å². The van der Waals surface area contributed by atoms with E-state index in [4.69, 9.17) is 4.74 Å². The van der Waals surface area contributed by atoms with Crippen LogP contribution in [0.1, 0.15) is 73.6 Å². The van der Waals surface area contributed by atoms with E-state index in [1.54, 1.807) is 37.3 Å². The molecule has 4 heterocycles. The number of Topliss-reactive ketones (excluding diaryl/α,β-unsaturated/α-hetero) is 1. The lowest BCUT2D eigenvalue weighted by Gasteiger charge is -2.40. The molecule has 6 rings (SSSR count). The summed E-state index contributed by atoms with van der Waals surface area (Å²) in [7, 11) is 5.25. The molecule has 3 fully saturated rings. The summed E-state index contributed by atoms with van der Waals surface area (Å²) in [6.45, 7) is 3.02. The lowest BCUT2D eigenvalue weighted by atomic mass is 9.95. The Morgan fingerprint density at radius 2 is 1.57 bits per heavy atom. The number of hydrogen-bond acceptors (Lipinski definition) is 12. The van der Waals surface area contributed by atoms with Gasteiger partial charge in [0.1, 0.15) is 47.8 Å². The molecule has 3 aromatic rings. The minimum Gasteiger partial charge on any atom is -0.505 e. The molecule has 18 nitrogen and oxygen atoms in total. The summed E-state index contributed by atoms with van der Waals surface area (Å²) in [6, 6.07) is 10.1. The summed E-state index contributed by atoms with van der Waals surface area (Å²) in [5.74, 6) is -6.33. The average Bonchev–Trinajstić information content (AvgIpc) is 3.77. The predicted molar refractivity (Wildman–Crippen MR) is 228 cm³/mol. The number of anilines is 1. The summed E-state index contributed by atoms with van der Waals surface area (Å²) in [6.07, 6.45) is 0.175. The fourth-order valence-corrected chi connectivity index (χ4v) is 8.20. The molecule has 0 bridgehead atoms. The molecule has 0 spiro atoms. The highest BCUT2D eigenvalue weighted by atomic mass is 16.5. The summed E-state index contributed by atoms with van der Waals surface area (Å²) in [5.41, 5.74) is 1.45. The SMILES string of the molecule is CC[C@@H]1NC(=O)[C@@H](NC(=O)c2ncccc2O)[C@H](C)OC(=O)[C@@H](c2ccccc2)NC(=O)[C@@H]2CC(=O)CCN2C(=O)[C@@H](Cc2ccc(N(C)C)cc2)N(C)C(=O)[C@@H]2CCCN2C1=O. The number of aromatic hydroxyl groups is 1. The topological polar surface area (TPSA) is 228 Å². The normalized spacial score (nSPS) is 25.4. The molecule has 334 valence electrons. The number of carbonyl (C=O) groups excluding carboxylic acids is 8. The third-order valence-corrected chi connectivity index (χ3v) is 11.8. The quantitative estimate of drug-likeness (QED) is 0.247. The van der Waals surface area contributed by atoms with Crippen LogP contribution in [0, 0.1) is 0 Å². The van der Waals surface area contributed by atoms with Gasteiger partial charge < -0.3 is 45.4 Å². The molecule has 0 radical (unpaired) electrons. The van der Waals surface area contributed by atoms with Gasteiger partial charge in [-0.25, -0.2) is 9.78 Å². The van der Waals surface area contributed by atoms with E-state index in [9.17, 15) is 43.5 Å². The third kappa shape index (κ3) is 10.3. The molecule has 7 atom stereocenters. The fraction of sp³-hybridized carbons (Fsp3) is 0.444. The highest BCUT2D eigenvalue weighted by Gasteiger charge is 2.45. The minimum atomic E-state index is -1.68. The molecular formula is C45H54N8O10. The molecule has 3 aliphatic rings. The van der Waals surface area contributed by atoms with E-state index < -0.39 is 95.2 Å². The van der Waals surface area contributed by atoms with Crippen molar-refractivity contribution >= 4 is 52.9 Å². The molecule has 0 unspecified atom stereocenters. The molecule has 0 aliphatic carbocycles. The molecule has 4 N–H and O–H groups in total. The van der Waals surface area contributed by atoms with Crippen molar-refractivity contribution in [2.24, 2.45) is 0 Å². The Bertz CT molecular complexity index is 2220. The summed E-state index contributed by atoms with van der Waals surface area (Å²) in [4.78, 5) is 123. The zero-order valence-corrected chi connectivity index (χ0v) is 36.0. The fourth-order valence-electron chi connectivity index (χ4n) is 8.20. The van der Waals surface area contributed by atoms with Crippen molar-refractivity contribution in [2.45, 2.75) is 94.7 Å². The van der Waals surface area contributed by atoms with Gasteiger partial charge in [0, 0.05) is 65.4 Å². The van der Waals surface area contributed by atoms with Gasteiger partial charge in [-0.05, 0) is 61.6 Å². The Balaban J connectivity index is 1.44. The molecule has 6 amide bonds.